The molecule has 1 saturated heterocycles. The maximum absolute atomic E-state index is 11.8. The molecule has 1 rings (SSSR count). The van der Waals surface area contributed by atoms with Gasteiger partial charge in [-0.1, -0.05) is 0 Å². The third-order valence-electron chi connectivity index (χ3n) is 2.37. The Balaban J connectivity index is 2.64. The topological polar surface area (TPSA) is 66.8 Å². The average Bonchev–Trinajstić information content (AvgIpc) is 2.14. The fraction of sp³-hybridized carbons (Fsp3) is 0.818. The summed E-state index contributed by atoms with van der Waals surface area (Å²) in [6.45, 7) is 5.49. The lowest BCUT2D eigenvalue weighted by molar-refractivity contribution is -0.123. The number of piperidine rings is 1. The standard InChI is InChI=1S/C11H19NO4/c1-11(2,3)16-10(15)12-5-4-9(14)6-8(12)7-13/h8,13H,4-7H2,1-3H3/t8-/m1/s1. The quantitative estimate of drug-likeness (QED) is 0.727. The lowest BCUT2D eigenvalue weighted by Crippen LogP contribution is -2.49. The predicted molar refractivity (Wildman–Crippen MR) is 58.1 cm³/mol. The predicted octanol–water partition coefficient (Wildman–Crippen LogP) is 0.947. The number of hydrogen-bond donors (Lipinski definition) is 1. The largest absolute Gasteiger partial charge is 0.444 e. The fourth-order valence-electron chi connectivity index (χ4n) is 1.63. The molecule has 1 fully saturated rings. The van der Waals surface area contributed by atoms with Gasteiger partial charge >= 0.3 is 6.09 Å². The summed E-state index contributed by atoms with van der Waals surface area (Å²) in [4.78, 5) is 24.4. The van der Waals surface area contributed by atoms with E-state index < -0.39 is 17.7 Å². The SMILES string of the molecule is CC(C)(C)OC(=O)N1CCC(=O)C[C@@H]1CO. The highest BCUT2D eigenvalue weighted by Gasteiger charge is 2.32. The summed E-state index contributed by atoms with van der Waals surface area (Å²) in [5, 5.41) is 9.12. The minimum absolute atomic E-state index is 0.0823. The molecule has 5 heteroatoms. The first-order valence-electron chi connectivity index (χ1n) is 5.45. The molecule has 0 aromatic heterocycles. The summed E-state index contributed by atoms with van der Waals surface area (Å²) in [5.74, 6) is 0.0823. The number of carbonyl (C=O) groups excluding carboxylic acids is 2. The minimum atomic E-state index is -0.557. The molecule has 1 amide bonds. The molecule has 0 aromatic carbocycles. The molecule has 0 aliphatic carbocycles. The van der Waals surface area contributed by atoms with Gasteiger partial charge < -0.3 is 14.7 Å². The fourth-order valence-corrected chi connectivity index (χ4v) is 1.63. The van der Waals surface area contributed by atoms with Gasteiger partial charge in [-0.05, 0) is 20.8 Å². The summed E-state index contributed by atoms with van der Waals surface area (Å²) in [6.07, 6.45) is 0.102. The van der Waals surface area contributed by atoms with Crippen molar-refractivity contribution in [3.05, 3.63) is 0 Å². The Morgan fingerprint density at radius 2 is 2.19 bits per heavy atom. The van der Waals surface area contributed by atoms with E-state index in [2.05, 4.69) is 0 Å². The second-order valence-corrected chi connectivity index (χ2v) is 5.00. The van der Waals surface area contributed by atoms with Crippen molar-refractivity contribution in [2.75, 3.05) is 13.2 Å². The van der Waals surface area contributed by atoms with Crippen molar-refractivity contribution in [3.63, 3.8) is 0 Å². The van der Waals surface area contributed by atoms with Crippen LogP contribution >= 0.6 is 0 Å². The van der Waals surface area contributed by atoms with E-state index in [0.29, 0.717) is 13.0 Å². The molecule has 1 aliphatic heterocycles. The van der Waals surface area contributed by atoms with Crippen molar-refractivity contribution in [3.8, 4) is 0 Å². The van der Waals surface area contributed by atoms with Crippen molar-refractivity contribution in [2.24, 2.45) is 0 Å². The van der Waals surface area contributed by atoms with Gasteiger partial charge in [-0.25, -0.2) is 4.79 Å². The first-order valence-corrected chi connectivity index (χ1v) is 5.45. The normalized spacial score (nSPS) is 22.1. The van der Waals surface area contributed by atoms with Gasteiger partial charge in [0.25, 0.3) is 0 Å². The van der Waals surface area contributed by atoms with Crippen LogP contribution in [0, 0.1) is 0 Å². The third kappa shape index (κ3) is 3.48. The van der Waals surface area contributed by atoms with Crippen LogP contribution in [-0.4, -0.2) is 46.7 Å². The second-order valence-electron chi connectivity index (χ2n) is 5.00. The smallest absolute Gasteiger partial charge is 0.410 e. The number of likely N-dealkylation sites (tertiary alicyclic amines) is 1. The summed E-state index contributed by atoms with van der Waals surface area (Å²) >= 11 is 0. The summed E-state index contributed by atoms with van der Waals surface area (Å²) < 4.78 is 5.21. The first-order chi connectivity index (χ1) is 7.33. The van der Waals surface area contributed by atoms with E-state index in [9.17, 15) is 9.59 Å². The van der Waals surface area contributed by atoms with Crippen LogP contribution in [0.3, 0.4) is 0 Å². The van der Waals surface area contributed by atoms with Crippen LogP contribution in [0.5, 0.6) is 0 Å². The molecule has 5 nitrogen and oxygen atoms in total. The Morgan fingerprint density at radius 3 is 2.69 bits per heavy atom. The van der Waals surface area contributed by atoms with Crippen LogP contribution in [0.2, 0.25) is 0 Å². The number of ketones is 1. The molecule has 16 heavy (non-hydrogen) atoms. The maximum Gasteiger partial charge on any atom is 0.410 e. The highest BCUT2D eigenvalue weighted by atomic mass is 16.6. The van der Waals surface area contributed by atoms with Crippen LogP contribution in [0.25, 0.3) is 0 Å². The molecule has 1 heterocycles. The molecular weight excluding hydrogens is 210 g/mol. The van der Waals surface area contributed by atoms with Gasteiger partial charge in [-0.2, -0.15) is 0 Å². The van der Waals surface area contributed by atoms with Gasteiger partial charge in [0.15, 0.2) is 0 Å². The van der Waals surface area contributed by atoms with Crippen LogP contribution in [0.4, 0.5) is 4.79 Å². The van der Waals surface area contributed by atoms with E-state index in [1.807, 2.05) is 0 Å². The number of Topliss-reactive ketones (excluding diaryl/α,β-unsaturated/α-hetero) is 1. The summed E-state index contributed by atoms with van der Waals surface area (Å²) in [7, 11) is 0. The van der Waals surface area contributed by atoms with Crippen LogP contribution < -0.4 is 0 Å². The van der Waals surface area contributed by atoms with Gasteiger partial charge in [0.2, 0.25) is 0 Å². The Morgan fingerprint density at radius 1 is 1.56 bits per heavy atom. The van der Waals surface area contributed by atoms with E-state index in [-0.39, 0.29) is 18.8 Å². The number of nitrogens with zero attached hydrogens (tertiary/aromatic N) is 1. The molecule has 0 radical (unpaired) electrons. The van der Waals surface area contributed by atoms with Crippen molar-refractivity contribution >= 4 is 11.9 Å². The van der Waals surface area contributed by atoms with E-state index in [1.54, 1.807) is 20.8 Å². The minimum Gasteiger partial charge on any atom is -0.444 e. The van der Waals surface area contributed by atoms with Crippen molar-refractivity contribution in [1.29, 1.82) is 0 Å². The van der Waals surface area contributed by atoms with Gasteiger partial charge in [0.05, 0.1) is 12.6 Å². The molecule has 1 aliphatic rings. The molecule has 1 atom stereocenters. The zero-order chi connectivity index (χ0) is 12.3. The monoisotopic (exact) mass is 229 g/mol. The van der Waals surface area contributed by atoms with E-state index in [4.69, 9.17) is 9.84 Å². The first kappa shape index (κ1) is 13.0. The van der Waals surface area contributed by atoms with Crippen molar-refractivity contribution in [1.82, 2.24) is 4.90 Å². The van der Waals surface area contributed by atoms with Crippen LogP contribution in [0.15, 0.2) is 0 Å². The molecule has 92 valence electrons. The number of carbonyl (C=O) groups is 2. The van der Waals surface area contributed by atoms with E-state index >= 15 is 0 Å². The van der Waals surface area contributed by atoms with Gasteiger partial charge in [-0.15, -0.1) is 0 Å². The number of ether oxygens (including phenoxy) is 1. The molecule has 0 spiro atoms. The number of aliphatic hydroxyl groups excluding tert-OH is 1. The van der Waals surface area contributed by atoms with Crippen molar-refractivity contribution < 1.29 is 19.4 Å². The average molecular weight is 229 g/mol. The second kappa shape index (κ2) is 4.82. The molecular formula is C11H19NO4. The van der Waals surface area contributed by atoms with E-state index in [0.717, 1.165) is 0 Å². The summed E-state index contributed by atoms with van der Waals surface area (Å²) in [6, 6.07) is -0.434. The molecule has 0 unspecified atom stereocenters. The summed E-state index contributed by atoms with van der Waals surface area (Å²) in [5.41, 5.74) is -0.557. The van der Waals surface area contributed by atoms with Gasteiger partial charge in [0.1, 0.15) is 11.4 Å². The number of hydrogen-bond acceptors (Lipinski definition) is 4. The van der Waals surface area contributed by atoms with Gasteiger partial charge in [0, 0.05) is 19.4 Å². The number of rotatable bonds is 1. The molecule has 1 N–H and O–H groups in total. The third-order valence-corrected chi connectivity index (χ3v) is 2.37. The zero-order valence-electron chi connectivity index (χ0n) is 10.0. The van der Waals surface area contributed by atoms with Crippen LogP contribution in [0.1, 0.15) is 33.6 Å². The molecule has 0 aromatic rings. The lowest BCUT2D eigenvalue weighted by atomic mass is 10.0. The Hall–Kier alpha value is -1.10. The van der Waals surface area contributed by atoms with Crippen LogP contribution in [-0.2, 0) is 9.53 Å². The van der Waals surface area contributed by atoms with E-state index in [1.165, 1.54) is 4.90 Å². The number of aliphatic hydroxyl groups is 1. The Labute approximate surface area is 95.4 Å². The zero-order valence-corrected chi connectivity index (χ0v) is 10.0. The Bertz CT molecular complexity index is 282. The van der Waals surface area contributed by atoms with Crippen molar-refractivity contribution in [2.45, 2.75) is 45.3 Å². The highest BCUT2D eigenvalue weighted by molar-refractivity contribution is 5.82. The Kier molecular flexibility index (Phi) is 3.91. The lowest BCUT2D eigenvalue weighted by Gasteiger charge is -2.35. The van der Waals surface area contributed by atoms with Gasteiger partial charge in [-0.3, -0.25) is 4.79 Å². The maximum atomic E-state index is 11.8. The molecule has 0 bridgehead atoms. The number of amides is 1. The highest BCUT2D eigenvalue weighted by Crippen LogP contribution is 2.18. The molecule has 0 saturated carbocycles.